The molecule has 0 radical (unpaired) electrons. The first-order valence-electron chi connectivity index (χ1n) is 10.6. The number of methoxy groups -OCH3 is 1. The van der Waals surface area contributed by atoms with Crippen LogP contribution in [0.25, 0.3) is 0 Å². The maximum Gasteiger partial charge on any atom is 0.191 e. The van der Waals surface area contributed by atoms with E-state index in [1.807, 2.05) is 19.2 Å². The maximum atomic E-state index is 5.71. The molecule has 2 N–H and O–H groups in total. The first-order chi connectivity index (χ1) is 14.6. The standard InChI is InChI=1S/C24H34N4O2/c1-18(2)30-17-20-9-7-8-19(14-20)15-26-24(25-3)27-21-12-13-28(16-21)22-10-5-6-11-23(22)29-4/h5-11,14,18,21H,12-13,15-17H2,1-4H3,(H2,25,26,27). The van der Waals surface area contributed by atoms with Gasteiger partial charge in [0, 0.05) is 32.7 Å². The van der Waals surface area contributed by atoms with Crippen LogP contribution in [0.3, 0.4) is 0 Å². The van der Waals surface area contributed by atoms with Gasteiger partial charge >= 0.3 is 0 Å². The molecule has 1 aliphatic rings. The average Bonchev–Trinajstić information content (AvgIpc) is 3.23. The predicted molar refractivity (Wildman–Crippen MR) is 123 cm³/mol. The predicted octanol–water partition coefficient (Wildman–Crippen LogP) is 3.56. The summed E-state index contributed by atoms with van der Waals surface area (Å²) < 4.78 is 11.2. The highest BCUT2D eigenvalue weighted by Gasteiger charge is 2.25. The van der Waals surface area contributed by atoms with E-state index >= 15 is 0 Å². The number of para-hydroxylation sites is 2. The number of aliphatic imine (C=N–C) groups is 1. The van der Waals surface area contributed by atoms with Crippen molar-refractivity contribution >= 4 is 11.6 Å². The molecule has 2 aromatic rings. The minimum Gasteiger partial charge on any atom is -0.495 e. The van der Waals surface area contributed by atoms with Gasteiger partial charge in [0.2, 0.25) is 0 Å². The van der Waals surface area contributed by atoms with Crippen LogP contribution in [0.4, 0.5) is 5.69 Å². The van der Waals surface area contributed by atoms with Crippen molar-refractivity contribution in [2.24, 2.45) is 4.99 Å². The summed E-state index contributed by atoms with van der Waals surface area (Å²) >= 11 is 0. The highest BCUT2D eigenvalue weighted by Crippen LogP contribution is 2.30. The lowest BCUT2D eigenvalue weighted by atomic mass is 10.1. The molecular formula is C24H34N4O2. The SMILES string of the molecule is CN=C(NCc1cccc(COC(C)C)c1)NC1CCN(c2ccccc2OC)C1. The Hall–Kier alpha value is -2.73. The van der Waals surface area contributed by atoms with Crippen LogP contribution in [0.2, 0.25) is 0 Å². The van der Waals surface area contributed by atoms with Gasteiger partial charge in [-0.3, -0.25) is 4.99 Å². The number of nitrogens with one attached hydrogen (secondary N) is 2. The van der Waals surface area contributed by atoms with E-state index in [9.17, 15) is 0 Å². The van der Waals surface area contributed by atoms with E-state index in [4.69, 9.17) is 9.47 Å². The molecule has 1 atom stereocenters. The zero-order valence-corrected chi connectivity index (χ0v) is 18.5. The molecule has 1 heterocycles. The van der Waals surface area contributed by atoms with Crippen LogP contribution in [-0.4, -0.2) is 45.4 Å². The van der Waals surface area contributed by atoms with E-state index in [1.54, 1.807) is 7.11 Å². The smallest absolute Gasteiger partial charge is 0.191 e. The van der Waals surface area contributed by atoms with Crippen molar-refractivity contribution < 1.29 is 9.47 Å². The zero-order chi connectivity index (χ0) is 21.3. The van der Waals surface area contributed by atoms with Crippen molar-refractivity contribution in [3.63, 3.8) is 0 Å². The molecular weight excluding hydrogens is 376 g/mol. The van der Waals surface area contributed by atoms with E-state index in [-0.39, 0.29) is 6.10 Å². The first kappa shape index (κ1) is 22.0. The summed E-state index contributed by atoms with van der Waals surface area (Å²) in [6.07, 6.45) is 1.29. The van der Waals surface area contributed by atoms with Gasteiger partial charge in [-0.25, -0.2) is 0 Å². The summed E-state index contributed by atoms with van der Waals surface area (Å²) in [5.74, 6) is 1.74. The number of hydrogen-bond acceptors (Lipinski definition) is 4. The Morgan fingerprint density at radius 2 is 1.97 bits per heavy atom. The second-order valence-corrected chi connectivity index (χ2v) is 7.85. The monoisotopic (exact) mass is 410 g/mol. The van der Waals surface area contributed by atoms with Gasteiger partial charge < -0.3 is 25.0 Å². The van der Waals surface area contributed by atoms with Crippen LogP contribution in [0.15, 0.2) is 53.5 Å². The quantitative estimate of drug-likeness (QED) is 0.515. The Bertz CT molecular complexity index is 837. The molecule has 0 bridgehead atoms. The van der Waals surface area contributed by atoms with Gasteiger partial charge in [-0.15, -0.1) is 0 Å². The third-order valence-electron chi connectivity index (χ3n) is 5.21. The van der Waals surface area contributed by atoms with Gasteiger partial charge in [-0.05, 0) is 43.5 Å². The Balaban J connectivity index is 1.51. The minimum atomic E-state index is 0.233. The van der Waals surface area contributed by atoms with Gasteiger partial charge in [-0.2, -0.15) is 0 Å². The lowest BCUT2D eigenvalue weighted by molar-refractivity contribution is 0.0657. The minimum absolute atomic E-state index is 0.233. The van der Waals surface area contributed by atoms with Gasteiger partial charge in [0.25, 0.3) is 0 Å². The normalized spacial score (nSPS) is 16.8. The van der Waals surface area contributed by atoms with Crippen molar-refractivity contribution in [2.75, 3.05) is 32.1 Å². The van der Waals surface area contributed by atoms with Crippen molar-refractivity contribution in [3.8, 4) is 5.75 Å². The molecule has 3 rings (SSSR count). The van der Waals surface area contributed by atoms with Crippen LogP contribution in [0, 0.1) is 0 Å². The lowest BCUT2D eigenvalue weighted by Crippen LogP contribution is -2.44. The average molecular weight is 411 g/mol. The molecule has 162 valence electrons. The molecule has 1 saturated heterocycles. The number of anilines is 1. The first-order valence-corrected chi connectivity index (χ1v) is 10.6. The Kier molecular flexibility index (Phi) is 7.97. The molecule has 0 aromatic heterocycles. The summed E-state index contributed by atoms with van der Waals surface area (Å²) in [5, 5.41) is 7.00. The van der Waals surface area contributed by atoms with E-state index in [1.165, 1.54) is 11.1 Å². The third kappa shape index (κ3) is 6.13. The van der Waals surface area contributed by atoms with Gasteiger partial charge in [-0.1, -0.05) is 36.4 Å². The molecule has 0 saturated carbocycles. The van der Waals surface area contributed by atoms with Crippen LogP contribution in [-0.2, 0) is 17.9 Å². The molecule has 2 aromatic carbocycles. The van der Waals surface area contributed by atoms with E-state index in [0.717, 1.165) is 43.5 Å². The zero-order valence-electron chi connectivity index (χ0n) is 18.5. The fourth-order valence-corrected chi connectivity index (χ4v) is 3.65. The van der Waals surface area contributed by atoms with Crippen LogP contribution in [0.1, 0.15) is 31.4 Å². The van der Waals surface area contributed by atoms with Crippen molar-refractivity contribution in [3.05, 3.63) is 59.7 Å². The summed E-state index contributed by atoms with van der Waals surface area (Å²) in [4.78, 5) is 6.77. The summed E-state index contributed by atoms with van der Waals surface area (Å²) in [6, 6.07) is 17.0. The Morgan fingerprint density at radius 3 is 2.73 bits per heavy atom. The van der Waals surface area contributed by atoms with E-state index in [0.29, 0.717) is 12.6 Å². The summed E-state index contributed by atoms with van der Waals surface area (Å²) in [5.41, 5.74) is 3.55. The summed E-state index contributed by atoms with van der Waals surface area (Å²) in [7, 11) is 3.54. The number of hydrogen-bond donors (Lipinski definition) is 2. The van der Waals surface area contributed by atoms with E-state index in [2.05, 4.69) is 70.8 Å². The van der Waals surface area contributed by atoms with Crippen molar-refractivity contribution in [2.45, 2.75) is 45.6 Å². The lowest BCUT2D eigenvalue weighted by Gasteiger charge is -2.22. The second-order valence-electron chi connectivity index (χ2n) is 7.85. The third-order valence-corrected chi connectivity index (χ3v) is 5.21. The van der Waals surface area contributed by atoms with E-state index < -0.39 is 0 Å². The fourth-order valence-electron chi connectivity index (χ4n) is 3.65. The maximum absolute atomic E-state index is 5.71. The number of ether oxygens (including phenoxy) is 2. The highest BCUT2D eigenvalue weighted by atomic mass is 16.5. The molecule has 0 spiro atoms. The number of guanidine groups is 1. The molecule has 30 heavy (non-hydrogen) atoms. The number of benzene rings is 2. The topological polar surface area (TPSA) is 58.1 Å². The number of nitrogens with zero attached hydrogens (tertiary/aromatic N) is 2. The second kappa shape index (κ2) is 10.9. The molecule has 6 nitrogen and oxygen atoms in total. The van der Waals surface area contributed by atoms with Crippen LogP contribution >= 0.6 is 0 Å². The molecule has 0 amide bonds. The van der Waals surface area contributed by atoms with Crippen molar-refractivity contribution in [1.82, 2.24) is 10.6 Å². The number of rotatable bonds is 8. The van der Waals surface area contributed by atoms with Gasteiger partial charge in [0.15, 0.2) is 5.96 Å². The Morgan fingerprint density at radius 1 is 1.17 bits per heavy atom. The molecule has 1 aliphatic heterocycles. The molecule has 0 aliphatic carbocycles. The highest BCUT2D eigenvalue weighted by molar-refractivity contribution is 5.80. The van der Waals surface area contributed by atoms with Crippen molar-refractivity contribution in [1.29, 1.82) is 0 Å². The summed E-state index contributed by atoms with van der Waals surface area (Å²) in [6.45, 7) is 7.38. The van der Waals surface area contributed by atoms with Crippen LogP contribution < -0.4 is 20.3 Å². The largest absolute Gasteiger partial charge is 0.495 e. The molecule has 1 fully saturated rings. The molecule has 6 heteroatoms. The molecule has 1 unspecified atom stereocenters. The fraction of sp³-hybridized carbons (Fsp3) is 0.458. The van der Waals surface area contributed by atoms with Gasteiger partial charge in [0.1, 0.15) is 5.75 Å². The van der Waals surface area contributed by atoms with Crippen LogP contribution in [0.5, 0.6) is 5.75 Å². The Labute approximate surface area is 180 Å². The van der Waals surface area contributed by atoms with Gasteiger partial charge in [0.05, 0.1) is 25.5 Å².